The molecule has 172 valence electrons. The molecule has 0 saturated heterocycles. The van der Waals surface area contributed by atoms with Gasteiger partial charge in [0.05, 0.1) is 29.9 Å². The first-order valence-electron chi connectivity index (χ1n) is 11.3. The second kappa shape index (κ2) is 10.3. The highest BCUT2D eigenvalue weighted by molar-refractivity contribution is 6.07. The lowest BCUT2D eigenvalue weighted by Crippen LogP contribution is -2.23. The van der Waals surface area contributed by atoms with Gasteiger partial charge >= 0.3 is 0 Å². The van der Waals surface area contributed by atoms with Crippen molar-refractivity contribution in [2.24, 2.45) is 5.73 Å². The van der Waals surface area contributed by atoms with Crippen molar-refractivity contribution in [2.75, 3.05) is 42.7 Å². The zero-order valence-electron chi connectivity index (χ0n) is 18.9. The lowest BCUT2D eigenvalue weighted by Gasteiger charge is -2.22. The van der Waals surface area contributed by atoms with Crippen molar-refractivity contribution >= 4 is 23.1 Å². The van der Waals surface area contributed by atoms with E-state index in [0.717, 1.165) is 54.8 Å². The highest BCUT2D eigenvalue weighted by Crippen LogP contribution is 2.30. The minimum atomic E-state index is -0.396. The van der Waals surface area contributed by atoms with Gasteiger partial charge in [0.1, 0.15) is 5.75 Å². The molecule has 1 aliphatic rings. The number of hydrogen-bond acceptors (Lipinski definition) is 7. The van der Waals surface area contributed by atoms with E-state index in [1.807, 2.05) is 43.4 Å². The molecular weight excluding hydrogens is 416 g/mol. The van der Waals surface area contributed by atoms with E-state index >= 15 is 0 Å². The van der Waals surface area contributed by atoms with E-state index in [0.29, 0.717) is 24.5 Å². The van der Waals surface area contributed by atoms with E-state index in [1.165, 1.54) is 0 Å². The van der Waals surface area contributed by atoms with Crippen molar-refractivity contribution in [3.8, 4) is 17.0 Å². The molecule has 1 amide bonds. The molecule has 0 radical (unpaired) electrons. The second-order valence-electron chi connectivity index (χ2n) is 8.15. The van der Waals surface area contributed by atoms with Crippen LogP contribution < -0.4 is 26.4 Å². The first kappa shape index (κ1) is 22.5. The van der Waals surface area contributed by atoms with Gasteiger partial charge in [0.25, 0.3) is 5.91 Å². The Labute approximate surface area is 194 Å². The number of nitrogens with two attached hydrogens (primary N) is 2. The van der Waals surface area contributed by atoms with Gasteiger partial charge in [0, 0.05) is 19.2 Å². The number of rotatable bonds is 4. The zero-order chi connectivity index (χ0) is 23.2. The quantitative estimate of drug-likeness (QED) is 0.525. The minimum Gasteiger partial charge on any atom is -0.493 e. The summed E-state index contributed by atoms with van der Waals surface area (Å²) < 4.78 is 6.22. The third kappa shape index (κ3) is 5.23. The lowest BCUT2D eigenvalue weighted by atomic mass is 10.0. The monoisotopic (exact) mass is 446 g/mol. The Bertz CT molecular complexity index is 1130. The van der Waals surface area contributed by atoms with Gasteiger partial charge in [-0.2, -0.15) is 0 Å². The fourth-order valence-corrected chi connectivity index (χ4v) is 3.92. The van der Waals surface area contributed by atoms with Crippen molar-refractivity contribution in [1.29, 1.82) is 0 Å². The van der Waals surface area contributed by atoms with E-state index in [2.05, 4.69) is 26.3 Å². The Kier molecular flexibility index (Phi) is 7.04. The number of nitrogens with one attached hydrogen (secondary N) is 1. The molecule has 4 bridgehead atoms. The number of aromatic nitrogens is 2. The first-order valence-corrected chi connectivity index (χ1v) is 11.3. The van der Waals surface area contributed by atoms with Gasteiger partial charge in [-0.25, -0.2) is 9.97 Å². The Morgan fingerprint density at radius 2 is 2.03 bits per heavy atom. The van der Waals surface area contributed by atoms with Crippen LogP contribution in [0.15, 0.2) is 48.7 Å². The zero-order valence-corrected chi connectivity index (χ0v) is 18.9. The number of carbonyl (C=O) groups excluding carboxylic acids is 1. The van der Waals surface area contributed by atoms with E-state index in [1.54, 1.807) is 6.20 Å². The van der Waals surface area contributed by atoms with Crippen molar-refractivity contribution in [3.63, 3.8) is 0 Å². The molecule has 0 spiro atoms. The second-order valence-corrected chi connectivity index (χ2v) is 8.15. The number of nitrogens with zero attached hydrogens (tertiary/aromatic N) is 3. The summed E-state index contributed by atoms with van der Waals surface area (Å²) in [5.74, 6) is 0.515. The molecule has 0 fully saturated rings. The number of hydrogen-bond donors (Lipinski definition) is 3. The van der Waals surface area contributed by atoms with Crippen LogP contribution in [0.25, 0.3) is 11.3 Å². The summed E-state index contributed by atoms with van der Waals surface area (Å²) in [5.41, 5.74) is 15.9. The molecule has 1 aromatic heterocycles. The summed E-state index contributed by atoms with van der Waals surface area (Å²) in [6.45, 7) is 2.02. The van der Waals surface area contributed by atoms with Gasteiger partial charge in [-0.05, 0) is 56.0 Å². The largest absolute Gasteiger partial charge is 0.493 e. The topological polar surface area (TPSA) is 119 Å². The average molecular weight is 447 g/mol. The van der Waals surface area contributed by atoms with Gasteiger partial charge < -0.3 is 26.4 Å². The van der Waals surface area contributed by atoms with Crippen LogP contribution in [0.5, 0.6) is 5.75 Å². The number of para-hydroxylation sites is 2. The molecule has 2 aromatic carbocycles. The van der Waals surface area contributed by atoms with Crippen LogP contribution in [-0.2, 0) is 6.42 Å². The smallest absolute Gasteiger partial charge is 0.278 e. The highest BCUT2D eigenvalue weighted by atomic mass is 16.5. The summed E-state index contributed by atoms with van der Waals surface area (Å²) in [6.07, 6.45) is 5.26. The first-order chi connectivity index (χ1) is 16.1. The molecule has 0 unspecified atom stereocenters. The van der Waals surface area contributed by atoms with Crippen LogP contribution in [0.1, 0.15) is 35.3 Å². The summed E-state index contributed by atoms with van der Waals surface area (Å²) in [6, 6.07) is 13.7. The maximum absolute atomic E-state index is 13.1. The van der Waals surface area contributed by atoms with Gasteiger partial charge in [-0.3, -0.25) is 4.79 Å². The van der Waals surface area contributed by atoms with Crippen molar-refractivity contribution in [3.05, 3.63) is 59.9 Å². The molecule has 4 rings (SSSR count). The van der Waals surface area contributed by atoms with Crippen molar-refractivity contribution in [2.45, 2.75) is 25.7 Å². The van der Waals surface area contributed by atoms with Crippen LogP contribution in [-0.4, -0.2) is 42.6 Å². The number of nitrogen functional groups attached to an aromatic ring is 1. The molecule has 33 heavy (non-hydrogen) atoms. The molecule has 1 aliphatic heterocycles. The van der Waals surface area contributed by atoms with Crippen LogP contribution in [0.3, 0.4) is 0 Å². The van der Waals surface area contributed by atoms with Crippen LogP contribution >= 0.6 is 0 Å². The SMILES string of the molecule is CN1CCCOc2cc(ccc2CCCCN)-c2cnc(N)c(n2)C(=O)Nc2ccccc21. The Hall–Kier alpha value is -3.65. The predicted molar refractivity (Wildman–Crippen MR) is 132 cm³/mol. The Morgan fingerprint density at radius 1 is 1.18 bits per heavy atom. The van der Waals surface area contributed by atoms with Crippen LogP contribution in [0, 0.1) is 0 Å². The fraction of sp³-hybridized carbons (Fsp3) is 0.320. The van der Waals surface area contributed by atoms with E-state index in [4.69, 9.17) is 16.2 Å². The molecule has 0 saturated carbocycles. The molecule has 3 aromatic rings. The number of anilines is 3. The maximum atomic E-state index is 13.1. The predicted octanol–water partition coefficient (Wildman–Crippen LogP) is 3.48. The van der Waals surface area contributed by atoms with Crippen LogP contribution in [0.2, 0.25) is 0 Å². The van der Waals surface area contributed by atoms with E-state index < -0.39 is 5.91 Å². The van der Waals surface area contributed by atoms with Gasteiger partial charge in [0.2, 0.25) is 0 Å². The fourth-order valence-electron chi connectivity index (χ4n) is 3.92. The number of amides is 1. The number of carbonyl (C=O) groups is 1. The summed E-state index contributed by atoms with van der Waals surface area (Å²) >= 11 is 0. The minimum absolute atomic E-state index is 0.0845. The lowest BCUT2D eigenvalue weighted by molar-refractivity contribution is 0.102. The maximum Gasteiger partial charge on any atom is 0.278 e. The Morgan fingerprint density at radius 3 is 2.88 bits per heavy atom. The van der Waals surface area contributed by atoms with Gasteiger partial charge in [-0.15, -0.1) is 0 Å². The standard InChI is InChI=1S/C25H30N6O2/c1-31-13-6-14-33-22-15-18(11-10-17(22)7-4-5-12-26)20-16-28-24(27)23(29-20)25(32)30-19-8-2-3-9-21(19)31/h2-3,8-11,15-16H,4-7,12-14,26H2,1H3,(H2,27,28)(H,30,32). The number of benzene rings is 2. The highest BCUT2D eigenvalue weighted by Gasteiger charge is 2.18. The number of fused-ring (bicyclic) bond motifs is 6. The summed E-state index contributed by atoms with van der Waals surface area (Å²) in [7, 11) is 2.00. The van der Waals surface area contributed by atoms with Crippen LogP contribution in [0.4, 0.5) is 17.2 Å². The normalized spacial score (nSPS) is 13.9. The summed E-state index contributed by atoms with van der Waals surface area (Å²) in [4.78, 5) is 24.0. The third-order valence-electron chi connectivity index (χ3n) is 5.74. The number of unbranched alkanes of at least 4 members (excludes halogenated alkanes) is 1. The number of ether oxygens (including phenoxy) is 1. The van der Waals surface area contributed by atoms with E-state index in [-0.39, 0.29) is 11.5 Å². The molecule has 2 heterocycles. The molecule has 5 N–H and O–H groups in total. The molecule has 0 aliphatic carbocycles. The average Bonchev–Trinajstić information content (AvgIpc) is 2.82. The molecule has 8 nitrogen and oxygen atoms in total. The third-order valence-corrected chi connectivity index (χ3v) is 5.74. The molecule has 8 heteroatoms. The van der Waals surface area contributed by atoms with Crippen molar-refractivity contribution < 1.29 is 9.53 Å². The Balaban J connectivity index is 1.74. The van der Waals surface area contributed by atoms with E-state index in [9.17, 15) is 4.79 Å². The summed E-state index contributed by atoms with van der Waals surface area (Å²) in [5, 5.41) is 2.95. The van der Waals surface area contributed by atoms with Gasteiger partial charge in [0.15, 0.2) is 11.5 Å². The molecule has 0 atom stereocenters. The van der Waals surface area contributed by atoms with Crippen molar-refractivity contribution in [1.82, 2.24) is 9.97 Å². The number of aryl methyl sites for hydroxylation is 1. The van der Waals surface area contributed by atoms with Gasteiger partial charge in [-0.1, -0.05) is 24.3 Å². The molecular formula is C25H30N6O2.